The molecule has 0 aromatic heterocycles. The van der Waals surface area contributed by atoms with Crippen LogP contribution in [0.4, 0.5) is 0 Å². The molecule has 1 heteroatoms. The molecule has 0 radical (unpaired) electrons. The van der Waals surface area contributed by atoms with Crippen molar-refractivity contribution in [2.75, 3.05) is 0 Å². The van der Waals surface area contributed by atoms with Gasteiger partial charge in [-0.25, -0.2) is 0 Å². The molecule has 0 aliphatic carbocycles. The summed E-state index contributed by atoms with van der Waals surface area (Å²) in [6.07, 6.45) is 9.57. The van der Waals surface area contributed by atoms with E-state index in [1.165, 1.54) is 0 Å². The molecule has 0 atom stereocenters. The highest BCUT2D eigenvalue weighted by Crippen LogP contribution is 1.38. The fourth-order valence-electron chi connectivity index (χ4n) is 0.0481. The summed E-state index contributed by atoms with van der Waals surface area (Å²) < 4.78 is 0. The molecule has 0 amide bonds. The highest BCUT2D eigenvalue weighted by Gasteiger charge is 1.30. The first-order valence-corrected chi connectivity index (χ1v) is 2.31. The average molecular weight is 79.2 g/mol. The minimum absolute atomic E-state index is 0.130. The zero-order valence-electron chi connectivity index (χ0n) is 2.73. The summed E-state index contributed by atoms with van der Waals surface area (Å²) in [6, 6.07) is 0. The van der Waals surface area contributed by atoms with E-state index in [1.54, 1.807) is 0 Å². The third kappa shape index (κ3) is 3.34. The first-order valence-electron chi connectivity index (χ1n) is 1.15. The van der Waals surface area contributed by atoms with Crippen molar-refractivity contribution < 1.29 is 0 Å². The normalized spacial score (nSPS) is 3.60. The summed E-state index contributed by atoms with van der Waals surface area (Å²) in [5.41, 5.74) is 4.73. The van der Waals surface area contributed by atoms with E-state index in [1.807, 2.05) is 0 Å². The van der Waals surface area contributed by atoms with E-state index < -0.39 is 0 Å². The Morgan fingerprint density at radius 1 is 1.20 bits per heavy atom. The Balaban J connectivity index is 2.86. The largest absolute Gasteiger partial charge is 0.290 e. The van der Waals surface area contributed by atoms with Crippen LogP contribution in [0, 0.1) is 23.9 Å². The third-order valence-corrected chi connectivity index (χ3v) is 0.500. The van der Waals surface area contributed by atoms with Crippen LogP contribution in [0.1, 0.15) is 0 Å². The molecule has 0 aromatic carbocycles. The molecule has 0 unspecified atom stereocenters. The van der Waals surface area contributed by atoms with Gasteiger partial charge in [0.05, 0.1) is 0 Å². The van der Waals surface area contributed by atoms with Crippen molar-refractivity contribution in [2.24, 2.45) is 0 Å². The van der Waals surface area contributed by atoms with Crippen molar-refractivity contribution in [3.63, 3.8) is 0 Å². The van der Waals surface area contributed by atoms with Crippen LogP contribution in [0.2, 0.25) is 0 Å². The SMILES string of the molecule is C#C[SiH-]C#C. The van der Waals surface area contributed by atoms with Crippen LogP contribution in [0.3, 0.4) is 0 Å². The second kappa shape index (κ2) is 3.34. The van der Waals surface area contributed by atoms with Gasteiger partial charge in [0.15, 0.2) is 0 Å². The molecular weight excluding hydrogens is 76.1 g/mol. The number of terminal acetylenes is 2. The van der Waals surface area contributed by atoms with Crippen molar-refractivity contribution in [1.29, 1.82) is 0 Å². The quantitative estimate of drug-likeness (QED) is 0.274. The maximum Gasteiger partial charge on any atom is -0.161 e. The van der Waals surface area contributed by atoms with Gasteiger partial charge in [0.2, 0.25) is 0 Å². The van der Waals surface area contributed by atoms with Gasteiger partial charge in [-0.1, -0.05) is 0 Å². The smallest absolute Gasteiger partial charge is 0.161 e. The Morgan fingerprint density at radius 3 is 1.60 bits per heavy atom. The molecule has 0 aromatic rings. The number of hydrogen-bond acceptors (Lipinski definition) is 0. The predicted molar refractivity (Wildman–Crippen MR) is 24.8 cm³/mol. The van der Waals surface area contributed by atoms with Gasteiger partial charge in [-0.2, -0.15) is 22.4 Å². The monoisotopic (exact) mass is 79.0 g/mol. The summed E-state index contributed by atoms with van der Waals surface area (Å²) in [4.78, 5) is 0. The highest BCUT2D eigenvalue weighted by molar-refractivity contribution is 6.54. The fourth-order valence-corrected chi connectivity index (χ4v) is 0.144. The molecule has 0 saturated carbocycles. The van der Waals surface area contributed by atoms with E-state index in [2.05, 4.69) is 11.1 Å². The Labute approximate surface area is 34.4 Å². The van der Waals surface area contributed by atoms with E-state index in [4.69, 9.17) is 12.8 Å². The van der Waals surface area contributed by atoms with Crippen molar-refractivity contribution in [2.45, 2.75) is 0 Å². The van der Waals surface area contributed by atoms with Crippen LogP contribution in [0.15, 0.2) is 0 Å². The van der Waals surface area contributed by atoms with Gasteiger partial charge < -0.3 is 0 Å². The van der Waals surface area contributed by atoms with Gasteiger partial charge in [0.1, 0.15) is 0 Å². The molecule has 5 heavy (non-hydrogen) atoms. The van der Waals surface area contributed by atoms with Crippen LogP contribution >= 0.6 is 0 Å². The van der Waals surface area contributed by atoms with Crippen LogP contribution in [-0.2, 0) is 0 Å². The molecule has 0 heterocycles. The van der Waals surface area contributed by atoms with Crippen molar-refractivity contribution in [1.82, 2.24) is 0 Å². The standard InChI is InChI=1S/C4H3Si/c1-3-5-4-2/h1-2,5H/q-1. The van der Waals surface area contributed by atoms with E-state index in [9.17, 15) is 0 Å². The van der Waals surface area contributed by atoms with Crippen LogP contribution in [-0.4, -0.2) is 9.52 Å². The Hall–Kier alpha value is -0.663. The maximum atomic E-state index is 4.78. The Bertz CT molecular complexity index is 68.8. The molecule has 0 nitrogen and oxygen atoms in total. The lowest BCUT2D eigenvalue weighted by molar-refractivity contribution is 2.87. The van der Waals surface area contributed by atoms with Crippen molar-refractivity contribution in [3.8, 4) is 23.9 Å². The van der Waals surface area contributed by atoms with E-state index in [-0.39, 0.29) is 9.52 Å². The van der Waals surface area contributed by atoms with Gasteiger partial charge in [0.25, 0.3) is 0 Å². The average Bonchev–Trinajstić information content (AvgIpc) is 1.41. The lowest BCUT2D eigenvalue weighted by atomic mass is 11.4. The first kappa shape index (κ1) is 4.34. The van der Waals surface area contributed by atoms with Gasteiger partial charge in [0, 0.05) is 0 Å². The van der Waals surface area contributed by atoms with Gasteiger partial charge in [-0.3, -0.25) is 11.1 Å². The van der Waals surface area contributed by atoms with Gasteiger partial charge >= 0.3 is 0 Å². The van der Waals surface area contributed by atoms with Gasteiger partial charge in [-0.15, -0.1) is 0 Å². The summed E-state index contributed by atoms with van der Waals surface area (Å²) in [6.45, 7) is 0. The Morgan fingerprint density at radius 2 is 1.60 bits per heavy atom. The molecule has 0 aliphatic heterocycles. The molecule has 0 spiro atoms. The topological polar surface area (TPSA) is 0 Å². The molecule has 0 rings (SSSR count). The fraction of sp³-hybridized carbons (Fsp3) is 0. The van der Waals surface area contributed by atoms with E-state index >= 15 is 0 Å². The molecular formula is C4H3Si-. The molecule has 0 N–H and O–H groups in total. The van der Waals surface area contributed by atoms with Gasteiger partial charge in [-0.05, 0) is 0 Å². The molecule has 0 aliphatic rings. The molecule has 0 saturated heterocycles. The number of rotatable bonds is 0. The highest BCUT2D eigenvalue weighted by atomic mass is 28.2. The lowest BCUT2D eigenvalue weighted by Crippen LogP contribution is -1.70. The zero-order chi connectivity index (χ0) is 4.12. The van der Waals surface area contributed by atoms with E-state index in [0.29, 0.717) is 0 Å². The van der Waals surface area contributed by atoms with Crippen LogP contribution < -0.4 is 0 Å². The third-order valence-electron chi connectivity index (χ3n) is 0.167. The second-order valence-electron chi connectivity index (χ2n) is 0.478. The Kier molecular flexibility index (Phi) is 2.89. The van der Waals surface area contributed by atoms with E-state index in [0.717, 1.165) is 0 Å². The van der Waals surface area contributed by atoms with Crippen LogP contribution in [0.5, 0.6) is 0 Å². The minimum atomic E-state index is -0.130. The predicted octanol–water partition coefficient (Wildman–Crippen LogP) is -0.396. The summed E-state index contributed by atoms with van der Waals surface area (Å²) in [5.74, 6) is 0. The zero-order valence-corrected chi connectivity index (χ0v) is 3.89. The van der Waals surface area contributed by atoms with Crippen molar-refractivity contribution in [3.05, 3.63) is 0 Å². The lowest BCUT2D eigenvalue weighted by Gasteiger charge is -1.76. The van der Waals surface area contributed by atoms with Crippen molar-refractivity contribution >= 4 is 9.52 Å². The maximum absolute atomic E-state index is 4.78. The minimum Gasteiger partial charge on any atom is -0.290 e. The van der Waals surface area contributed by atoms with Crippen LogP contribution in [0.25, 0.3) is 0 Å². The summed E-state index contributed by atoms with van der Waals surface area (Å²) in [7, 11) is -0.130. The molecule has 24 valence electrons. The molecule has 0 fully saturated rings. The summed E-state index contributed by atoms with van der Waals surface area (Å²) in [5, 5.41) is 0. The number of hydrogen-bond donors (Lipinski definition) is 0. The summed E-state index contributed by atoms with van der Waals surface area (Å²) >= 11 is 0. The molecule has 0 bridgehead atoms. The first-order chi connectivity index (χ1) is 2.41. The second-order valence-corrected chi connectivity index (χ2v) is 1.43.